The highest BCUT2D eigenvalue weighted by molar-refractivity contribution is 7.88. The van der Waals surface area contributed by atoms with E-state index in [2.05, 4.69) is 9.46 Å². The molecule has 0 aliphatic heterocycles. The molecule has 0 spiro atoms. The fourth-order valence-corrected chi connectivity index (χ4v) is 2.60. The minimum atomic E-state index is -3.49. The fourth-order valence-electron chi connectivity index (χ4n) is 1.37. The zero-order valence-corrected chi connectivity index (χ0v) is 11.6. The third kappa shape index (κ3) is 5.37. The summed E-state index contributed by atoms with van der Waals surface area (Å²) in [6, 6.07) is 6.11. The van der Waals surface area contributed by atoms with Gasteiger partial charge in [-0.2, -0.15) is 0 Å². The van der Waals surface area contributed by atoms with Crippen molar-refractivity contribution >= 4 is 16.0 Å². The molecule has 1 aromatic rings. The van der Waals surface area contributed by atoms with Crippen LogP contribution in [0, 0.1) is 0 Å². The molecule has 0 saturated carbocycles. The molecule has 19 heavy (non-hydrogen) atoms. The van der Waals surface area contributed by atoms with E-state index in [4.69, 9.17) is 5.11 Å². The Bertz CT molecular complexity index is 522. The summed E-state index contributed by atoms with van der Waals surface area (Å²) in [6.45, 7) is 1.47. The summed E-state index contributed by atoms with van der Waals surface area (Å²) in [7, 11) is -2.22. The molecule has 0 bridgehead atoms. The molecule has 0 amide bonds. The maximum atomic E-state index is 11.7. The Hall–Kier alpha value is -1.44. The number of aliphatic hydroxyl groups excluding tert-OH is 1. The highest BCUT2D eigenvalue weighted by Gasteiger charge is 2.13. The number of sulfonamides is 1. The number of ether oxygens (including phenoxy) is 1. The SMILES string of the molecule is COC(=O)c1ccc(CS(=O)(=O)NC[C@@H](C)O)cc1. The first-order valence-corrected chi connectivity index (χ1v) is 7.32. The molecule has 0 unspecified atom stereocenters. The molecule has 0 saturated heterocycles. The minimum Gasteiger partial charge on any atom is -0.465 e. The van der Waals surface area contributed by atoms with Crippen LogP contribution in [0.25, 0.3) is 0 Å². The van der Waals surface area contributed by atoms with Crippen molar-refractivity contribution in [3.8, 4) is 0 Å². The van der Waals surface area contributed by atoms with E-state index in [0.29, 0.717) is 11.1 Å². The molecule has 1 aromatic carbocycles. The number of methoxy groups -OCH3 is 1. The van der Waals surface area contributed by atoms with E-state index in [1.54, 1.807) is 12.1 Å². The molecule has 1 atom stereocenters. The van der Waals surface area contributed by atoms with Gasteiger partial charge in [-0.3, -0.25) is 0 Å². The van der Waals surface area contributed by atoms with Crippen LogP contribution in [0.2, 0.25) is 0 Å². The van der Waals surface area contributed by atoms with Gasteiger partial charge in [-0.05, 0) is 24.6 Å². The van der Waals surface area contributed by atoms with Crippen LogP contribution in [0.4, 0.5) is 0 Å². The number of aliphatic hydroxyl groups is 1. The van der Waals surface area contributed by atoms with Crippen molar-refractivity contribution in [3.63, 3.8) is 0 Å². The molecule has 6 nitrogen and oxygen atoms in total. The predicted molar refractivity (Wildman–Crippen MR) is 70.1 cm³/mol. The fraction of sp³-hybridized carbons (Fsp3) is 0.417. The van der Waals surface area contributed by atoms with E-state index in [1.807, 2.05) is 0 Å². The average molecular weight is 287 g/mol. The maximum absolute atomic E-state index is 11.7. The number of carbonyl (C=O) groups excluding carboxylic acids is 1. The average Bonchev–Trinajstić information content (AvgIpc) is 2.36. The normalized spacial score (nSPS) is 13.0. The Balaban J connectivity index is 2.70. The van der Waals surface area contributed by atoms with Gasteiger partial charge in [0.05, 0.1) is 24.5 Å². The second kappa shape index (κ2) is 6.65. The second-order valence-electron chi connectivity index (χ2n) is 4.15. The molecule has 0 heterocycles. The summed E-state index contributed by atoms with van der Waals surface area (Å²) in [6.07, 6.45) is -0.739. The molecular formula is C12H17NO5S. The summed E-state index contributed by atoms with van der Waals surface area (Å²) in [5.41, 5.74) is 0.909. The van der Waals surface area contributed by atoms with E-state index in [1.165, 1.54) is 26.2 Å². The topological polar surface area (TPSA) is 92.7 Å². The zero-order chi connectivity index (χ0) is 14.5. The lowest BCUT2D eigenvalue weighted by Gasteiger charge is -2.08. The van der Waals surface area contributed by atoms with Crippen LogP contribution >= 0.6 is 0 Å². The molecule has 2 N–H and O–H groups in total. The van der Waals surface area contributed by atoms with Crippen LogP contribution in [-0.2, 0) is 20.5 Å². The van der Waals surface area contributed by atoms with Gasteiger partial charge in [0.2, 0.25) is 10.0 Å². The van der Waals surface area contributed by atoms with Gasteiger partial charge in [-0.25, -0.2) is 17.9 Å². The maximum Gasteiger partial charge on any atom is 0.337 e. The quantitative estimate of drug-likeness (QED) is 0.733. The standard InChI is InChI=1S/C12H17NO5S/c1-9(14)7-13-19(16,17)8-10-3-5-11(6-4-10)12(15)18-2/h3-6,9,13-14H,7-8H2,1-2H3/t9-/m1/s1. The van der Waals surface area contributed by atoms with Crippen molar-refractivity contribution in [1.82, 2.24) is 4.72 Å². The Morgan fingerprint density at radius 2 is 1.95 bits per heavy atom. The second-order valence-corrected chi connectivity index (χ2v) is 5.95. The molecule has 0 radical (unpaired) electrons. The van der Waals surface area contributed by atoms with E-state index in [-0.39, 0.29) is 12.3 Å². The summed E-state index contributed by atoms with van der Waals surface area (Å²) in [5, 5.41) is 9.03. The van der Waals surface area contributed by atoms with Crippen molar-refractivity contribution in [2.24, 2.45) is 0 Å². The molecule has 1 rings (SSSR count). The summed E-state index contributed by atoms with van der Waals surface area (Å²) >= 11 is 0. The number of hydrogen-bond donors (Lipinski definition) is 2. The van der Waals surface area contributed by atoms with Gasteiger partial charge in [0.15, 0.2) is 0 Å². The predicted octanol–water partition coefficient (Wildman–Crippen LogP) is 0.273. The lowest BCUT2D eigenvalue weighted by atomic mass is 10.1. The first kappa shape index (κ1) is 15.6. The van der Waals surface area contributed by atoms with Crippen LogP contribution in [0.15, 0.2) is 24.3 Å². The van der Waals surface area contributed by atoms with Crippen molar-refractivity contribution in [3.05, 3.63) is 35.4 Å². The molecule has 7 heteroatoms. The number of hydrogen-bond acceptors (Lipinski definition) is 5. The highest BCUT2D eigenvalue weighted by atomic mass is 32.2. The van der Waals surface area contributed by atoms with Crippen LogP contribution in [0.5, 0.6) is 0 Å². The molecule has 106 valence electrons. The van der Waals surface area contributed by atoms with Crippen molar-refractivity contribution in [2.45, 2.75) is 18.8 Å². The molecule has 0 aromatic heterocycles. The first-order chi connectivity index (χ1) is 8.84. The van der Waals surface area contributed by atoms with E-state index >= 15 is 0 Å². The van der Waals surface area contributed by atoms with Gasteiger partial charge in [0.1, 0.15) is 0 Å². The number of nitrogens with one attached hydrogen (secondary N) is 1. The third-order valence-electron chi connectivity index (χ3n) is 2.33. The van der Waals surface area contributed by atoms with Gasteiger partial charge >= 0.3 is 5.97 Å². The first-order valence-electron chi connectivity index (χ1n) is 5.66. The number of esters is 1. The van der Waals surface area contributed by atoms with Crippen LogP contribution in [-0.4, -0.2) is 39.3 Å². The summed E-state index contributed by atoms with van der Waals surface area (Å²) in [5.74, 6) is -0.678. The molecular weight excluding hydrogens is 270 g/mol. The summed E-state index contributed by atoms with van der Waals surface area (Å²) in [4.78, 5) is 11.2. The van der Waals surface area contributed by atoms with Gasteiger partial charge in [-0.15, -0.1) is 0 Å². The van der Waals surface area contributed by atoms with E-state index in [9.17, 15) is 13.2 Å². The van der Waals surface area contributed by atoms with Crippen LogP contribution in [0.1, 0.15) is 22.8 Å². The Morgan fingerprint density at radius 1 is 1.37 bits per heavy atom. The van der Waals surface area contributed by atoms with Crippen LogP contribution < -0.4 is 4.72 Å². The van der Waals surface area contributed by atoms with Gasteiger partial charge < -0.3 is 9.84 Å². The van der Waals surface area contributed by atoms with Crippen molar-refractivity contribution in [1.29, 1.82) is 0 Å². The Kier molecular flexibility index (Phi) is 5.46. The monoisotopic (exact) mass is 287 g/mol. The van der Waals surface area contributed by atoms with Crippen molar-refractivity contribution in [2.75, 3.05) is 13.7 Å². The molecule has 0 aliphatic carbocycles. The third-order valence-corrected chi connectivity index (χ3v) is 3.65. The van der Waals surface area contributed by atoms with E-state index in [0.717, 1.165) is 0 Å². The Morgan fingerprint density at radius 3 is 2.42 bits per heavy atom. The van der Waals surface area contributed by atoms with Gasteiger partial charge in [0, 0.05) is 6.54 Å². The number of rotatable bonds is 6. The summed E-state index contributed by atoms with van der Waals surface area (Å²) < 4.78 is 30.2. The minimum absolute atomic E-state index is 0.0252. The number of benzene rings is 1. The highest BCUT2D eigenvalue weighted by Crippen LogP contribution is 2.08. The Labute approximate surface area is 112 Å². The van der Waals surface area contributed by atoms with Gasteiger partial charge in [0.25, 0.3) is 0 Å². The zero-order valence-electron chi connectivity index (χ0n) is 10.8. The van der Waals surface area contributed by atoms with Gasteiger partial charge in [-0.1, -0.05) is 12.1 Å². The number of carbonyl (C=O) groups is 1. The van der Waals surface area contributed by atoms with Crippen LogP contribution in [0.3, 0.4) is 0 Å². The van der Waals surface area contributed by atoms with Crippen molar-refractivity contribution < 1.29 is 23.1 Å². The largest absolute Gasteiger partial charge is 0.465 e. The molecule has 0 fully saturated rings. The molecule has 0 aliphatic rings. The smallest absolute Gasteiger partial charge is 0.337 e. The lowest BCUT2D eigenvalue weighted by molar-refractivity contribution is 0.0600. The lowest BCUT2D eigenvalue weighted by Crippen LogP contribution is -2.31. The van der Waals surface area contributed by atoms with E-state index < -0.39 is 22.1 Å².